The Morgan fingerprint density at radius 1 is 1.53 bits per heavy atom. The van der Waals surface area contributed by atoms with E-state index >= 15 is 0 Å². The van der Waals surface area contributed by atoms with Gasteiger partial charge in [0, 0.05) is 10.9 Å². The Balaban J connectivity index is 2.64. The molecule has 0 radical (unpaired) electrons. The Kier molecular flexibility index (Phi) is 4.78. The zero-order valence-corrected chi connectivity index (χ0v) is 9.88. The van der Waals surface area contributed by atoms with Gasteiger partial charge in [0.15, 0.2) is 0 Å². The SMILES string of the molecule is CCC(NC(CC)c1cccs1)C(=O)O. The van der Waals surface area contributed by atoms with Crippen LogP contribution in [-0.2, 0) is 4.79 Å². The molecule has 4 heteroatoms. The van der Waals surface area contributed by atoms with Gasteiger partial charge in [-0.1, -0.05) is 19.9 Å². The maximum atomic E-state index is 10.9. The molecular weight excluding hydrogens is 210 g/mol. The summed E-state index contributed by atoms with van der Waals surface area (Å²) in [5.41, 5.74) is 0. The van der Waals surface area contributed by atoms with E-state index in [9.17, 15) is 4.79 Å². The fourth-order valence-electron chi connectivity index (χ4n) is 1.50. The van der Waals surface area contributed by atoms with Crippen LogP contribution < -0.4 is 5.32 Å². The average molecular weight is 227 g/mol. The first-order valence-electron chi connectivity index (χ1n) is 5.21. The summed E-state index contributed by atoms with van der Waals surface area (Å²) in [4.78, 5) is 12.1. The quantitative estimate of drug-likeness (QED) is 0.785. The second kappa shape index (κ2) is 5.88. The largest absolute Gasteiger partial charge is 0.480 e. The van der Waals surface area contributed by atoms with Gasteiger partial charge in [-0.05, 0) is 24.3 Å². The summed E-state index contributed by atoms with van der Waals surface area (Å²) in [6, 6.07) is 3.75. The van der Waals surface area contributed by atoms with Gasteiger partial charge in [0.25, 0.3) is 0 Å². The summed E-state index contributed by atoms with van der Waals surface area (Å²) in [5, 5.41) is 14.1. The van der Waals surface area contributed by atoms with Gasteiger partial charge in [-0.2, -0.15) is 0 Å². The Morgan fingerprint density at radius 3 is 2.67 bits per heavy atom. The topological polar surface area (TPSA) is 49.3 Å². The molecule has 0 saturated carbocycles. The standard InChI is InChI=1S/C11H17NO2S/c1-3-8(10-6-5-7-15-10)12-9(4-2)11(13)14/h5-9,12H,3-4H2,1-2H3,(H,13,14). The maximum absolute atomic E-state index is 10.9. The molecule has 0 spiro atoms. The van der Waals surface area contributed by atoms with E-state index < -0.39 is 12.0 Å². The summed E-state index contributed by atoms with van der Waals surface area (Å²) in [5.74, 6) is -0.771. The number of hydrogen-bond acceptors (Lipinski definition) is 3. The summed E-state index contributed by atoms with van der Waals surface area (Å²) >= 11 is 1.66. The molecule has 1 aromatic heterocycles. The molecule has 0 amide bonds. The molecule has 3 nitrogen and oxygen atoms in total. The van der Waals surface area contributed by atoms with E-state index in [1.165, 1.54) is 4.88 Å². The van der Waals surface area contributed by atoms with Crippen LogP contribution in [0, 0.1) is 0 Å². The number of carboxylic acid groups (broad SMARTS) is 1. The van der Waals surface area contributed by atoms with Crippen molar-refractivity contribution in [2.24, 2.45) is 0 Å². The number of hydrogen-bond donors (Lipinski definition) is 2. The molecule has 84 valence electrons. The van der Waals surface area contributed by atoms with Gasteiger partial charge >= 0.3 is 5.97 Å². The lowest BCUT2D eigenvalue weighted by Crippen LogP contribution is -2.38. The van der Waals surface area contributed by atoms with Crippen molar-refractivity contribution in [2.45, 2.75) is 38.8 Å². The van der Waals surface area contributed by atoms with E-state index in [1.54, 1.807) is 11.3 Å². The molecule has 1 heterocycles. The highest BCUT2D eigenvalue weighted by Crippen LogP contribution is 2.22. The van der Waals surface area contributed by atoms with Crippen LogP contribution in [0.4, 0.5) is 0 Å². The van der Waals surface area contributed by atoms with Crippen molar-refractivity contribution >= 4 is 17.3 Å². The molecule has 0 fully saturated rings. The van der Waals surface area contributed by atoms with E-state index in [-0.39, 0.29) is 6.04 Å². The monoisotopic (exact) mass is 227 g/mol. The molecule has 2 unspecified atom stereocenters. The first kappa shape index (κ1) is 12.2. The summed E-state index contributed by atoms with van der Waals surface area (Å²) in [6.45, 7) is 3.94. The van der Waals surface area contributed by atoms with Crippen LogP contribution in [-0.4, -0.2) is 17.1 Å². The summed E-state index contributed by atoms with van der Waals surface area (Å²) < 4.78 is 0. The molecule has 0 aliphatic carbocycles. The van der Waals surface area contributed by atoms with Crippen LogP contribution in [0.1, 0.15) is 37.6 Å². The third-order valence-electron chi connectivity index (χ3n) is 2.40. The molecule has 0 bridgehead atoms. The number of thiophene rings is 1. The van der Waals surface area contributed by atoms with Gasteiger partial charge in [-0.3, -0.25) is 10.1 Å². The molecule has 1 aromatic rings. The number of carboxylic acids is 1. The van der Waals surface area contributed by atoms with E-state index in [4.69, 9.17) is 5.11 Å². The highest BCUT2D eigenvalue weighted by molar-refractivity contribution is 7.10. The summed E-state index contributed by atoms with van der Waals surface area (Å²) in [7, 11) is 0. The smallest absolute Gasteiger partial charge is 0.320 e. The van der Waals surface area contributed by atoms with Gasteiger partial charge in [0.2, 0.25) is 0 Å². The zero-order chi connectivity index (χ0) is 11.3. The first-order valence-corrected chi connectivity index (χ1v) is 6.09. The molecule has 1 rings (SSSR count). The minimum atomic E-state index is -0.771. The second-order valence-corrected chi connectivity index (χ2v) is 4.42. The maximum Gasteiger partial charge on any atom is 0.320 e. The van der Waals surface area contributed by atoms with E-state index in [2.05, 4.69) is 12.2 Å². The second-order valence-electron chi connectivity index (χ2n) is 3.44. The van der Waals surface area contributed by atoms with Crippen molar-refractivity contribution in [1.29, 1.82) is 0 Å². The van der Waals surface area contributed by atoms with Gasteiger partial charge in [0.05, 0.1) is 0 Å². The van der Waals surface area contributed by atoms with Crippen LogP contribution in [0.25, 0.3) is 0 Å². The Morgan fingerprint density at radius 2 is 2.27 bits per heavy atom. The molecule has 0 aromatic carbocycles. The minimum Gasteiger partial charge on any atom is -0.480 e. The van der Waals surface area contributed by atoms with Gasteiger partial charge in [0.1, 0.15) is 6.04 Å². The first-order chi connectivity index (χ1) is 7.19. The zero-order valence-electron chi connectivity index (χ0n) is 9.06. The number of aliphatic carboxylic acids is 1. The van der Waals surface area contributed by atoms with Gasteiger partial charge < -0.3 is 5.11 Å². The van der Waals surface area contributed by atoms with Crippen molar-refractivity contribution in [2.75, 3.05) is 0 Å². The molecule has 2 atom stereocenters. The van der Waals surface area contributed by atoms with Crippen LogP contribution in [0.3, 0.4) is 0 Å². The van der Waals surface area contributed by atoms with Crippen LogP contribution >= 0.6 is 11.3 Å². The van der Waals surface area contributed by atoms with Crippen molar-refractivity contribution in [3.05, 3.63) is 22.4 Å². The van der Waals surface area contributed by atoms with Crippen LogP contribution in [0.15, 0.2) is 17.5 Å². The Bertz CT molecular complexity index is 298. The third kappa shape index (κ3) is 3.32. The Labute approximate surface area is 94.1 Å². The molecular formula is C11H17NO2S. The van der Waals surface area contributed by atoms with Gasteiger partial charge in [-0.25, -0.2) is 0 Å². The lowest BCUT2D eigenvalue weighted by atomic mass is 10.1. The highest BCUT2D eigenvalue weighted by atomic mass is 32.1. The molecule has 2 N–H and O–H groups in total. The third-order valence-corrected chi connectivity index (χ3v) is 3.39. The normalized spacial score (nSPS) is 14.8. The van der Waals surface area contributed by atoms with E-state index in [0.717, 1.165) is 6.42 Å². The fraction of sp³-hybridized carbons (Fsp3) is 0.545. The minimum absolute atomic E-state index is 0.158. The van der Waals surface area contributed by atoms with Gasteiger partial charge in [-0.15, -0.1) is 11.3 Å². The van der Waals surface area contributed by atoms with Crippen molar-refractivity contribution < 1.29 is 9.90 Å². The van der Waals surface area contributed by atoms with Crippen LogP contribution in [0.2, 0.25) is 0 Å². The average Bonchev–Trinajstić information content (AvgIpc) is 2.72. The number of rotatable bonds is 6. The molecule has 0 aliphatic rings. The van der Waals surface area contributed by atoms with E-state index in [1.807, 2.05) is 24.4 Å². The van der Waals surface area contributed by atoms with Crippen molar-refractivity contribution in [3.8, 4) is 0 Å². The Hall–Kier alpha value is -0.870. The van der Waals surface area contributed by atoms with Crippen molar-refractivity contribution in [3.63, 3.8) is 0 Å². The van der Waals surface area contributed by atoms with Crippen LogP contribution in [0.5, 0.6) is 0 Å². The predicted octanol–water partition coefficient (Wildman–Crippen LogP) is 2.65. The summed E-state index contributed by atoms with van der Waals surface area (Å²) in [6.07, 6.45) is 1.52. The lowest BCUT2D eigenvalue weighted by Gasteiger charge is -2.20. The van der Waals surface area contributed by atoms with E-state index in [0.29, 0.717) is 6.42 Å². The molecule has 0 saturated heterocycles. The van der Waals surface area contributed by atoms with Crippen molar-refractivity contribution in [1.82, 2.24) is 5.32 Å². The number of nitrogens with one attached hydrogen (secondary N) is 1. The highest BCUT2D eigenvalue weighted by Gasteiger charge is 2.20. The lowest BCUT2D eigenvalue weighted by molar-refractivity contribution is -0.139. The molecule has 15 heavy (non-hydrogen) atoms. The fourth-order valence-corrected chi connectivity index (χ4v) is 2.37. The predicted molar refractivity (Wildman–Crippen MR) is 62.2 cm³/mol. The number of carbonyl (C=O) groups is 1. The molecule has 0 aliphatic heterocycles.